The summed E-state index contributed by atoms with van der Waals surface area (Å²) in [6.45, 7) is 2.67. The topological polar surface area (TPSA) is 228 Å². The molecule has 12 atom stereocenters. The molecule has 12 unspecified atom stereocenters. The van der Waals surface area contributed by atoms with Crippen LogP contribution in [0.2, 0.25) is 0 Å². The van der Waals surface area contributed by atoms with Gasteiger partial charge in [0.05, 0.1) is 32.0 Å². The normalized spacial score (nSPS) is 24.7. The number of carbonyl (C=O) groups is 1. The Labute approximate surface area is 474 Å². The first-order chi connectivity index (χ1) is 38.1. The summed E-state index contributed by atoms with van der Waals surface area (Å²) in [4.78, 5) is 13.1. The van der Waals surface area contributed by atoms with Crippen LogP contribution in [-0.4, -0.2) is 140 Å². The zero-order valence-electron chi connectivity index (χ0n) is 49.4. The number of aliphatic hydroxyl groups excluding tert-OH is 8. The molecule has 14 nitrogen and oxygen atoms in total. The maximum atomic E-state index is 13.1. The third-order valence-electron chi connectivity index (χ3n) is 15.8. The lowest BCUT2D eigenvalue weighted by Gasteiger charge is -2.46. The van der Waals surface area contributed by atoms with E-state index in [4.69, 9.17) is 18.9 Å². The van der Waals surface area contributed by atoms with Crippen LogP contribution >= 0.6 is 0 Å². The molecule has 1 amide bonds. The molecule has 458 valence electrons. The van der Waals surface area contributed by atoms with Gasteiger partial charge in [-0.25, -0.2) is 0 Å². The van der Waals surface area contributed by atoms with Gasteiger partial charge in [0.15, 0.2) is 12.6 Å². The fourth-order valence-corrected chi connectivity index (χ4v) is 10.6. The molecule has 9 N–H and O–H groups in total. The summed E-state index contributed by atoms with van der Waals surface area (Å²) in [6.07, 6.45) is 46.0. The zero-order valence-corrected chi connectivity index (χ0v) is 49.4. The van der Waals surface area contributed by atoms with Gasteiger partial charge in [0.2, 0.25) is 5.91 Å². The van der Waals surface area contributed by atoms with E-state index in [1.54, 1.807) is 6.08 Å². The molecule has 0 aliphatic carbocycles. The molecule has 2 aliphatic heterocycles. The summed E-state index contributed by atoms with van der Waals surface area (Å²) in [7, 11) is 0. The standard InChI is InChI=1S/C64H119NO13/c1-3-5-7-9-10-11-12-13-14-15-16-17-18-19-20-21-22-23-24-25-26-27-28-29-30-31-32-33-34-35-36-37-38-39-40-41-42-44-46-48-56(69)65-52(53(68)47-45-43-8-6-4-2)51-75-63-61(74)59(72)62(55(50-67)77-63)78-64-60(73)58(71)57(70)54(49-66)76-64/h12-13,15-16,45,47,52-55,57-64,66-68,70-74H,3-11,14,17-44,46,48-51H2,1-2H3,(H,65,69)/b13-12-,16-15-,47-45+. The van der Waals surface area contributed by atoms with Gasteiger partial charge in [-0.05, 0) is 51.4 Å². The van der Waals surface area contributed by atoms with Gasteiger partial charge in [-0.3, -0.25) is 4.79 Å². The minimum Gasteiger partial charge on any atom is -0.394 e. The van der Waals surface area contributed by atoms with E-state index in [0.717, 1.165) is 51.4 Å². The van der Waals surface area contributed by atoms with Crippen LogP contribution in [0.5, 0.6) is 0 Å². The van der Waals surface area contributed by atoms with Crippen molar-refractivity contribution in [3.63, 3.8) is 0 Å². The molecule has 0 bridgehead atoms. The Morgan fingerprint density at radius 1 is 0.462 bits per heavy atom. The van der Waals surface area contributed by atoms with Crippen molar-refractivity contribution in [2.45, 2.75) is 344 Å². The van der Waals surface area contributed by atoms with E-state index in [9.17, 15) is 45.6 Å². The van der Waals surface area contributed by atoms with E-state index < -0.39 is 86.8 Å². The lowest BCUT2D eigenvalue weighted by molar-refractivity contribution is -0.359. The van der Waals surface area contributed by atoms with E-state index in [2.05, 4.69) is 43.5 Å². The first-order valence-corrected chi connectivity index (χ1v) is 32.2. The Balaban J connectivity index is 1.46. The van der Waals surface area contributed by atoms with E-state index in [0.29, 0.717) is 6.42 Å². The van der Waals surface area contributed by atoms with E-state index in [1.807, 2.05) is 6.08 Å². The summed E-state index contributed by atoms with van der Waals surface area (Å²) in [5.41, 5.74) is 0. The summed E-state index contributed by atoms with van der Waals surface area (Å²) >= 11 is 0. The SMILES string of the molecule is CCCCC/C=C/C(O)C(COC1OC(CO)C(OC2OC(CO)C(O)C(O)C2O)C(O)C1O)NC(=O)CCCCCCCCCCCCCCCCCCCCCCCCCCCCC/C=C\C/C=C\CCCCCCC. The maximum Gasteiger partial charge on any atom is 0.220 e. The van der Waals surface area contributed by atoms with Gasteiger partial charge in [0.25, 0.3) is 0 Å². The Morgan fingerprint density at radius 2 is 0.846 bits per heavy atom. The number of hydrogen-bond donors (Lipinski definition) is 9. The van der Waals surface area contributed by atoms with E-state index in [-0.39, 0.29) is 18.9 Å². The van der Waals surface area contributed by atoms with Crippen molar-refractivity contribution in [1.82, 2.24) is 5.32 Å². The smallest absolute Gasteiger partial charge is 0.220 e. The van der Waals surface area contributed by atoms with Crippen molar-refractivity contribution in [3.05, 3.63) is 36.5 Å². The first kappa shape index (κ1) is 72.3. The highest BCUT2D eigenvalue weighted by molar-refractivity contribution is 5.76. The minimum atomic E-state index is -1.78. The Bertz CT molecular complexity index is 1450. The van der Waals surface area contributed by atoms with Gasteiger partial charge in [-0.2, -0.15) is 0 Å². The number of carbonyl (C=O) groups excluding carboxylic acids is 1. The van der Waals surface area contributed by atoms with Gasteiger partial charge in [-0.15, -0.1) is 0 Å². The number of allylic oxidation sites excluding steroid dienone is 5. The van der Waals surface area contributed by atoms with E-state index in [1.165, 1.54) is 193 Å². The van der Waals surface area contributed by atoms with Gasteiger partial charge in [0.1, 0.15) is 48.8 Å². The number of amides is 1. The van der Waals surface area contributed by atoms with Crippen LogP contribution in [0.4, 0.5) is 0 Å². The number of rotatable bonds is 52. The molecule has 78 heavy (non-hydrogen) atoms. The molecule has 0 aromatic carbocycles. The molecule has 0 saturated carbocycles. The number of ether oxygens (including phenoxy) is 4. The summed E-state index contributed by atoms with van der Waals surface area (Å²) < 4.78 is 22.6. The second-order valence-corrected chi connectivity index (χ2v) is 22.9. The molecule has 0 aromatic heterocycles. The summed E-state index contributed by atoms with van der Waals surface area (Å²) in [5.74, 6) is -0.243. The first-order valence-electron chi connectivity index (χ1n) is 32.2. The van der Waals surface area contributed by atoms with Crippen LogP contribution in [-0.2, 0) is 23.7 Å². The van der Waals surface area contributed by atoms with Crippen molar-refractivity contribution in [2.75, 3.05) is 19.8 Å². The largest absolute Gasteiger partial charge is 0.394 e. The van der Waals surface area contributed by atoms with Gasteiger partial charge < -0.3 is 65.1 Å². The van der Waals surface area contributed by atoms with Crippen LogP contribution in [0.25, 0.3) is 0 Å². The molecule has 2 heterocycles. The van der Waals surface area contributed by atoms with Crippen LogP contribution in [0.1, 0.15) is 271 Å². The zero-order chi connectivity index (χ0) is 56.7. The highest BCUT2D eigenvalue weighted by Gasteiger charge is 2.51. The minimum absolute atomic E-state index is 0.243. The van der Waals surface area contributed by atoms with E-state index >= 15 is 0 Å². The molecule has 14 heteroatoms. The van der Waals surface area contributed by atoms with Crippen LogP contribution in [0, 0.1) is 0 Å². The molecule has 0 radical (unpaired) electrons. The monoisotopic (exact) mass is 1110 g/mol. The molecular weight excluding hydrogens is 991 g/mol. The highest BCUT2D eigenvalue weighted by Crippen LogP contribution is 2.30. The molecule has 2 rings (SSSR count). The molecule has 0 spiro atoms. The van der Waals surface area contributed by atoms with Gasteiger partial charge in [0, 0.05) is 6.42 Å². The lowest BCUT2D eigenvalue weighted by atomic mass is 9.97. The average molecular weight is 1110 g/mol. The number of aliphatic hydroxyl groups is 8. The second kappa shape index (κ2) is 49.8. The Hall–Kier alpha value is -1.79. The summed E-state index contributed by atoms with van der Waals surface area (Å²) in [6, 6.07) is -0.908. The number of nitrogens with one attached hydrogen (secondary N) is 1. The van der Waals surface area contributed by atoms with Crippen molar-refractivity contribution in [3.8, 4) is 0 Å². The lowest BCUT2D eigenvalue weighted by Crippen LogP contribution is -2.65. The van der Waals surface area contributed by atoms with Crippen molar-refractivity contribution in [1.29, 1.82) is 0 Å². The summed E-state index contributed by atoms with van der Waals surface area (Å²) in [5, 5.41) is 86.4. The van der Waals surface area contributed by atoms with Crippen molar-refractivity contribution >= 4 is 5.91 Å². The van der Waals surface area contributed by atoms with Crippen molar-refractivity contribution in [2.24, 2.45) is 0 Å². The highest BCUT2D eigenvalue weighted by atomic mass is 16.7. The fourth-order valence-electron chi connectivity index (χ4n) is 10.6. The fraction of sp³-hybridized carbons (Fsp3) is 0.891. The van der Waals surface area contributed by atoms with Crippen LogP contribution in [0.3, 0.4) is 0 Å². The number of hydrogen-bond acceptors (Lipinski definition) is 13. The van der Waals surface area contributed by atoms with Gasteiger partial charge >= 0.3 is 0 Å². The van der Waals surface area contributed by atoms with Crippen LogP contribution < -0.4 is 5.32 Å². The van der Waals surface area contributed by atoms with Gasteiger partial charge in [-0.1, -0.05) is 249 Å². The average Bonchev–Trinajstić information content (AvgIpc) is 3.47. The molecule has 2 aliphatic rings. The molecule has 2 saturated heterocycles. The third-order valence-corrected chi connectivity index (χ3v) is 15.8. The quantitative estimate of drug-likeness (QED) is 0.0204. The molecule has 0 aromatic rings. The Morgan fingerprint density at radius 3 is 1.31 bits per heavy atom. The van der Waals surface area contributed by atoms with Crippen molar-refractivity contribution < 1.29 is 64.6 Å². The molecular formula is C64H119NO13. The number of unbranched alkanes of at least 4 members (excludes halogenated alkanes) is 35. The Kier molecular flexibility index (Phi) is 46.2. The molecule has 2 fully saturated rings. The maximum absolute atomic E-state index is 13.1. The van der Waals surface area contributed by atoms with Crippen LogP contribution in [0.15, 0.2) is 36.5 Å². The third kappa shape index (κ3) is 34.6. The predicted octanol–water partition coefficient (Wildman–Crippen LogP) is 11.8. The second-order valence-electron chi connectivity index (χ2n) is 22.9. The predicted molar refractivity (Wildman–Crippen MR) is 314 cm³/mol.